The summed E-state index contributed by atoms with van der Waals surface area (Å²) < 4.78 is 10.5. The first-order valence-electron chi connectivity index (χ1n) is 5.50. The van der Waals surface area contributed by atoms with Gasteiger partial charge in [-0.1, -0.05) is 11.8 Å². The van der Waals surface area contributed by atoms with Gasteiger partial charge in [0.25, 0.3) is 0 Å². The van der Waals surface area contributed by atoms with Crippen LogP contribution in [0.25, 0.3) is 0 Å². The minimum Gasteiger partial charge on any atom is -0.497 e. The van der Waals surface area contributed by atoms with Crippen molar-refractivity contribution < 1.29 is 4.74 Å². The Labute approximate surface area is 108 Å². The molecule has 88 valence electrons. The van der Waals surface area contributed by atoms with Crippen molar-refractivity contribution in [1.82, 2.24) is 9.36 Å². The second-order valence-electron chi connectivity index (χ2n) is 3.97. The molecule has 0 spiro atoms. The van der Waals surface area contributed by atoms with Gasteiger partial charge in [-0.15, -0.1) is 0 Å². The summed E-state index contributed by atoms with van der Waals surface area (Å²) in [5, 5.41) is 0. The van der Waals surface area contributed by atoms with Gasteiger partial charge in [0.1, 0.15) is 11.6 Å². The maximum absolute atomic E-state index is 5.13. The number of benzene rings is 1. The summed E-state index contributed by atoms with van der Waals surface area (Å²) in [7, 11) is 1.68. The molecule has 0 amide bonds. The highest BCUT2D eigenvalue weighted by molar-refractivity contribution is 8.01. The Kier molecular flexibility index (Phi) is 3.03. The maximum Gasteiger partial charge on any atom is 0.174 e. The molecule has 17 heavy (non-hydrogen) atoms. The monoisotopic (exact) mass is 264 g/mol. The summed E-state index contributed by atoms with van der Waals surface area (Å²) in [5.41, 5.74) is 0. The zero-order chi connectivity index (χ0) is 11.7. The van der Waals surface area contributed by atoms with Gasteiger partial charge >= 0.3 is 0 Å². The fourth-order valence-corrected chi connectivity index (χ4v) is 3.17. The predicted molar refractivity (Wildman–Crippen MR) is 69.0 cm³/mol. The lowest BCUT2D eigenvalue weighted by atomic mass is 10.3. The van der Waals surface area contributed by atoms with E-state index in [9.17, 15) is 0 Å². The van der Waals surface area contributed by atoms with Crippen molar-refractivity contribution in [2.75, 3.05) is 7.11 Å². The summed E-state index contributed by atoms with van der Waals surface area (Å²) in [6, 6.07) is 8.01. The summed E-state index contributed by atoms with van der Waals surface area (Å²) in [6.45, 7) is 0. The quantitative estimate of drug-likeness (QED) is 0.845. The Morgan fingerprint density at radius 3 is 2.71 bits per heavy atom. The van der Waals surface area contributed by atoms with Crippen molar-refractivity contribution in [3.8, 4) is 5.75 Å². The van der Waals surface area contributed by atoms with E-state index in [1.165, 1.54) is 29.3 Å². The molecule has 1 aliphatic rings. The average molecular weight is 264 g/mol. The lowest BCUT2D eigenvalue weighted by molar-refractivity contribution is 0.414. The van der Waals surface area contributed by atoms with Crippen LogP contribution in [0, 0.1) is 0 Å². The minimum atomic E-state index is 0.636. The molecule has 1 aromatic heterocycles. The van der Waals surface area contributed by atoms with E-state index in [1.807, 2.05) is 24.3 Å². The van der Waals surface area contributed by atoms with Crippen LogP contribution in [0.4, 0.5) is 0 Å². The number of aromatic nitrogens is 2. The summed E-state index contributed by atoms with van der Waals surface area (Å²) in [4.78, 5) is 5.72. The third kappa shape index (κ3) is 2.61. The number of hydrogen-bond acceptors (Lipinski definition) is 5. The average Bonchev–Trinajstić information content (AvgIpc) is 3.12. The SMILES string of the molecule is COc1ccc(Sc2nc(C3CC3)ns2)cc1. The van der Waals surface area contributed by atoms with E-state index in [0.29, 0.717) is 5.92 Å². The summed E-state index contributed by atoms with van der Waals surface area (Å²) >= 11 is 3.16. The van der Waals surface area contributed by atoms with E-state index in [2.05, 4.69) is 9.36 Å². The van der Waals surface area contributed by atoms with Crippen molar-refractivity contribution in [1.29, 1.82) is 0 Å². The molecule has 1 fully saturated rings. The second kappa shape index (κ2) is 4.66. The third-order valence-corrected chi connectivity index (χ3v) is 4.40. The van der Waals surface area contributed by atoms with E-state index in [-0.39, 0.29) is 0 Å². The third-order valence-electron chi connectivity index (χ3n) is 2.63. The number of methoxy groups -OCH3 is 1. The zero-order valence-corrected chi connectivity index (χ0v) is 11.1. The molecule has 3 nitrogen and oxygen atoms in total. The van der Waals surface area contributed by atoms with Crippen LogP contribution in [0.3, 0.4) is 0 Å². The number of ether oxygens (including phenoxy) is 1. The summed E-state index contributed by atoms with van der Waals surface area (Å²) in [6.07, 6.45) is 2.51. The Bertz CT molecular complexity index is 505. The van der Waals surface area contributed by atoms with E-state index in [4.69, 9.17) is 4.74 Å². The second-order valence-corrected chi connectivity index (χ2v) is 6.04. The van der Waals surface area contributed by atoms with Crippen molar-refractivity contribution in [2.45, 2.75) is 28.0 Å². The van der Waals surface area contributed by atoms with E-state index in [0.717, 1.165) is 15.9 Å². The van der Waals surface area contributed by atoms with Crippen LogP contribution >= 0.6 is 23.3 Å². The molecule has 1 heterocycles. The van der Waals surface area contributed by atoms with Gasteiger partial charge in [0.05, 0.1) is 7.11 Å². The van der Waals surface area contributed by atoms with Crippen LogP contribution in [-0.2, 0) is 0 Å². The van der Waals surface area contributed by atoms with Crippen LogP contribution in [0.1, 0.15) is 24.6 Å². The molecule has 2 aromatic rings. The van der Waals surface area contributed by atoms with E-state index < -0.39 is 0 Å². The van der Waals surface area contributed by atoms with E-state index in [1.54, 1.807) is 18.9 Å². The Morgan fingerprint density at radius 1 is 1.29 bits per heavy atom. The van der Waals surface area contributed by atoms with Crippen LogP contribution in [0.5, 0.6) is 5.75 Å². The van der Waals surface area contributed by atoms with Gasteiger partial charge in [-0.05, 0) is 48.6 Å². The van der Waals surface area contributed by atoms with Crippen LogP contribution in [0.15, 0.2) is 33.5 Å². The highest BCUT2D eigenvalue weighted by Crippen LogP contribution is 2.40. The first-order valence-corrected chi connectivity index (χ1v) is 7.09. The molecule has 5 heteroatoms. The molecule has 3 rings (SSSR count). The van der Waals surface area contributed by atoms with Crippen molar-refractivity contribution in [3.05, 3.63) is 30.1 Å². The number of nitrogens with zero attached hydrogens (tertiary/aromatic N) is 2. The lowest BCUT2D eigenvalue weighted by Gasteiger charge is -2.00. The lowest BCUT2D eigenvalue weighted by Crippen LogP contribution is -1.82. The van der Waals surface area contributed by atoms with Crippen molar-refractivity contribution in [3.63, 3.8) is 0 Å². The maximum atomic E-state index is 5.13. The normalized spacial score (nSPS) is 14.9. The highest BCUT2D eigenvalue weighted by Gasteiger charge is 2.27. The smallest absolute Gasteiger partial charge is 0.174 e. The van der Waals surface area contributed by atoms with Crippen molar-refractivity contribution >= 4 is 23.3 Å². The van der Waals surface area contributed by atoms with Gasteiger partial charge in [-0.2, -0.15) is 4.37 Å². The molecule has 0 radical (unpaired) electrons. The molecule has 1 saturated carbocycles. The minimum absolute atomic E-state index is 0.636. The largest absolute Gasteiger partial charge is 0.497 e. The van der Waals surface area contributed by atoms with Crippen LogP contribution in [-0.4, -0.2) is 16.5 Å². The van der Waals surface area contributed by atoms with Crippen LogP contribution < -0.4 is 4.74 Å². The zero-order valence-electron chi connectivity index (χ0n) is 9.42. The first kappa shape index (κ1) is 11.0. The fraction of sp³-hybridized carbons (Fsp3) is 0.333. The molecule has 0 saturated heterocycles. The topological polar surface area (TPSA) is 35.0 Å². The van der Waals surface area contributed by atoms with Gasteiger partial charge in [-0.3, -0.25) is 0 Å². The molecule has 0 atom stereocenters. The Hall–Kier alpha value is -1.07. The number of rotatable bonds is 4. The van der Waals surface area contributed by atoms with Gasteiger partial charge < -0.3 is 4.74 Å². The van der Waals surface area contributed by atoms with Gasteiger partial charge in [0, 0.05) is 10.8 Å². The molecule has 0 aliphatic heterocycles. The molecular formula is C12H12N2OS2. The number of hydrogen-bond donors (Lipinski definition) is 0. The Morgan fingerprint density at radius 2 is 2.06 bits per heavy atom. The highest BCUT2D eigenvalue weighted by atomic mass is 32.2. The molecule has 0 N–H and O–H groups in total. The van der Waals surface area contributed by atoms with E-state index >= 15 is 0 Å². The first-order chi connectivity index (χ1) is 8.35. The van der Waals surface area contributed by atoms with Gasteiger partial charge in [0.15, 0.2) is 4.34 Å². The summed E-state index contributed by atoms with van der Waals surface area (Å²) in [5.74, 6) is 2.55. The van der Waals surface area contributed by atoms with Gasteiger partial charge in [0.2, 0.25) is 0 Å². The fourth-order valence-electron chi connectivity index (χ4n) is 1.51. The molecule has 1 aromatic carbocycles. The van der Waals surface area contributed by atoms with Crippen molar-refractivity contribution in [2.24, 2.45) is 0 Å². The standard InChI is InChI=1S/C12H12N2OS2/c1-15-9-4-6-10(7-5-9)16-12-13-11(14-17-12)8-2-3-8/h4-8H,2-3H2,1H3. The van der Waals surface area contributed by atoms with Crippen LogP contribution in [0.2, 0.25) is 0 Å². The molecule has 1 aliphatic carbocycles. The molecule has 0 unspecified atom stereocenters. The Balaban J connectivity index is 1.71. The molecule has 0 bridgehead atoms. The van der Waals surface area contributed by atoms with Gasteiger partial charge in [-0.25, -0.2) is 4.98 Å². The molecular weight excluding hydrogens is 252 g/mol. The predicted octanol–water partition coefficient (Wildman–Crippen LogP) is 3.58.